The van der Waals surface area contributed by atoms with Crippen LogP contribution in [-0.4, -0.2) is 18.3 Å². The average Bonchev–Trinajstić information content (AvgIpc) is 2.20. The van der Waals surface area contributed by atoms with Crippen molar-refractivity contribution in [2.45, 2.75) is 25.7 Å². The Morgan fingerprint density at radius 3 is 2.75 bits per heavy atom. The fraction of sp³-hybridized carbons (Fsp3) is 0.455. The third-order valence-electron chi connectivity index (χ3n) is 2.63. The van der Waals surface area contributed by atoms with E-state index in [4.69, 9.17) is 9.47 Å². The fourth-order valence-electron chi connectivity index (χ4n) is 1.96. The molecule has 1 heterocycles. The Morgan fingerprint density at radius 2 is 2.12 bits per heavy atom. The van der Waals surface area contributed by atoms with Crippen molar-refractivity contribution >= 4 is 31.9 Å². The van der Waals surface area contributed by atoms with E-state index < -0.39 is 6.29 Å². The van der Waals surface area contributed by atoms with Crippen LogP contribution in [0.5, 0.6) is 5.75 Å². The molecule has 2 rings (SSSR count). The van der Waals surface area contributed by atoms with Crippen molar-refractivity contribution in [3.05, 3.63) is 26.1 Å². The Bertz CT molecular complexity index is 420. The average molecular weight is 352 g/mol. The van der Waals surface area contributed by atoms with Crippen molar-refractivity contribution in [2.75, 3.05) is 7.11 Å². The summed E-state index contributed by atoms with van der Waals surface area (Å²) in [5.74, 6) is 0.637. The predicted molar refractivity (Wildman–Crippen MR) is 67.6 cm³/mol. The van der Waals surface area contributed by atoms with Crippen molar-refractivity contribution in [2.24, 2.45) is 0 Å². The SMILES string of the molecule is COc1c(Br)cc(Br)c2c1[C@@H](O)O[C@@H](C)C2. The van der Waals surface area contributed by atoms with Gasteiger partial charge in [-0.05, 0) is 34.5 Å². The number of hydrogen-bond acceptors (Lipinski definition) is 3. The molecule has 0 radical (unpaired) electrons. The molecule has 0 aliphatic carbocycles. The van der Waals surface area contributed by atoms with E-state index in [-0.39, 0.29) is 6.10 Å². The van der Waals surface area contributed by atoms with Gasteiger partial charge in [-0.1, -0.05) is 15.9 Å². The third-order valence-corrected chi connectivity index (χ3v) is 3.93. The Morgan fingerprint density at radius 1 is 1.44 bits per heavy atom. The van der Waals surface area contributed by atoms with Crippen LogP contribution in [0.15, 0.2) is 15.0 Å². The second-order valence-corrected chi connectivity index (χ2v) is 5.48. The molecule has 1 N–H and O–H groups in total. The van der Waals surface area contributed by atoms with E-state index in [0.717, 1.165) is 20.9 Å². The van der Waals surface area contributed by atoms with Gasteiger partial charge in [0.05, 0.1) is 23.2 Å². The van der Waals surface area contributed by atoms with Crippen molar-refractivity contribution in [3.63, 3.8) is 0 Å². The fourth-order valence-corrected chi connectivity index (χ4v) is 3.47. The van der Waals surface area contributed by atoms with Crippen molar-refractivity contribution in [1.82, 2.24) is 0 Å². The summed E-state index contributed by atoms with van der Waals surface area (Å²) >= 11 is 6.91. The van der Waals surface area contributed by atoms with Crippen molar-refractivity contribution < 1.29 is 14.6 Å². The lowest BCUT2D eigenvalue weighted by Crippen LogP contribution is -2.24. The molecule has 0 fully saturated rings. The number of benzene rings is 1. The first-order valence-corrected chi connectivity index (χ1v) is 6.51. The third kappa shape index (κ3) is 2.01. The standard InChI is InChI=1S/C11H12Br2O3/c1-5-3-6-7(12)4-8(13)10(15-2)9(6)11(14)16-5/h4-5,11,14H,3H2,1-2H3/t5-,11-/m0/s1. The van der Waals surface area contributed by atoms with Crippen LogP contribution in [0.1, 0.15) is 24.3 Å². The summed E-state index contributed by atoms with van der Waals surface area (Å²) < 4.78 is 12.5. The number of fused-ring (bicyclic) bond motifs is 1. The maximum atomic E-state index is 9.95. The zero-order valence-corrected chi connectivity index (χ0v) is 12.1. The van der Waals surface area contributed by atoms with E-state index in [2.05, 4.69) is 31.9 Å². The lowest BCUT2D eigenvalue weighted by Gasteiger charge is -2.29. The van der Waals surface area contributed by atoms with E-state index in [1.807, 2.05) is 13.0 Å². The quantitative estimate of drug-likeness (QED) is 0.844. The number of ether oxygens (including phenoxy) is 2. The molecule has 0 saturated carbocycles. The highest BCUT2D eigenvalue weighted by atomic mass is 79.9. The summed E-state index contributed by atoms with van der Waals surface area (Å²) in [5.41, 5.74) is 1.76. The summed E-state index contributed by atoms with van der Waals surface area (Å²) in [6.45, 7) is 1.94. The second kappa shape index (κ2) is 4.64. The Hall–Kier alpha value is -0.100. The molecule has 1 aromatic rings. The topological polar surface area (TPSA) is 38.7 Å². The predicted octanol–water partition coefficient (Wildman–Crippen LogP) is 3.17. The summed E-state index contributed by atoms with van der Waals surface area (Å²) in [7, 11) is 1.58. The van der Waals surface area contributed by atoms with E-state index in [1.165, 1.54) is 0 Å². The number of hydrogen-bond donors (Lipinski definition) is 1. The summed E-state index contributed by atoms with van der Waals surface area (Å²) in [4.78, 5) is 0. The Labute approximate surface area is 111 Å². The molecule has 0 spiro atoms. The van der Waals surface area contributed by atoms with Gasteiger partial charge in [0.2, 0.25) is 0 Å². The number of halogens is 2. The molecule has 0 bridgehead atoms. The van der Waals surface area contributed by atoms with Crippen LogP contribution in [0.25, 0.3) is 0 Å². The van der Waals surface area contributed by atoms with E-state index in [9.17, 15) is 5.11 Å². The van der Waals surface area contributed by atoms with Gasteiger partial charge in [0.15, 0.2) is 6.29 Å². The molecular formula is C11H12Br2O3. The second-order valence-electron chi connectivity index (χ2n) is 3.77. The molecule has 0 aromatic heterocycles. The zero-order chi connectivity index (χ0) is 11.9. The van der Waals surface area contributed by atoms with E-state index in [1.54, 1.807) is 7.11 Å². The highest BCUT2D eigenvalue weighted by Crippen LogP contribution is 2.43. The van der Waals surface area contributed by atoms with Crippen molar-refractivity contribution in [1.29, 1.82) is 0 Å². The molecule has 1 aliphatic heterocycles. The van der Waals surface area contributed by atoms with Crippen LogP contribution in [0.3, 0.4) is 0 Å². The zero-order valence-electron chi connectivity index (χ0n) is 8.96. The van der Waals surface area contributed by atoms with Crippen LogP contribution in [0.4, 0.5) is 0 Å². The van der Waals surface area contributed by atoms with Crippen LogP contribution in [0.2, 0.25) is 0 Å². The molecule has 16 heavy (non-hydrogen) atoms. The van der Waals surface area contributed by atoms with Gasteiger partial charge in [-0.25, -0.2) is 0 Å². The number of methoxy groups -OCH3 is 1. The molecule has 2 atom stereocenters. The first kappa shape index (κ1) is 12.4. The van der Waals surface area contributed by atoms with Gasteiger partial charge >= 0.3 is 0 Å². The first-order valence-electron chi connectivity index (χ1n) is 4.93. The van der Waals surface area contributed by atoms with Gasteiger partial charge in [0, 0.05) is 10.9 Å². The lowest BCUT2D eigenvalue weighted by atomic mass is 9.98. The van der Waals surface area contributed by atoms with Gasteiger partial charge < -0.3 is 14.6 Å². The van der Waals surface area contributed by atoms with Crippen LogP contribution < -0.4 is 4.74 Å². The van der Waals surface area contributed by atoms with E-state index >= 15 is 0 Å². The first-order chi connectivity index (χ1) is 7.54. The molecular weight excluding hydrogens is 340 g/mol. The monoisotopic (exact) mass is 350 g/mol. The highest BCUT2D eigenvalue weighted by Gasteiger charge is 2.29. The van der Waals surface area contributed by atoms with Crippen LogP contribution >= 0.6 is 31.9 Å². The highest BCUT2D eigenvalue weighted by molar-refractivity contribution is 9.11. The van der Waals surface area contributed by atoms with Gasteiger partial charge in [-0.3, -0.25) is 0 Å². The minimum absolute atomic E-state index is 0.00433. The van der Waals surface area contributed by atoms with Gasteiger partial charge in [0.1, 0.15) is 5.75 Å². The molecule has 0 saturated heterocycles. The van der Waals surface area contributed by atoms with E-state index in [0.29, 0.717) is 11.3 Å². The maximum absolute atomic E-state index is 9.95. The van der Waals surface area contributed by atoms with Gasteiger partial charge in [0.25, 0.3) is 0 Å². The molecule has 3 nitrogen and oxygen atoms in total. The number of aliphatic hydroxyl groups is 1. The van der Waals surface area contributed by atoms with Crippen LogP contribution in [-0.2, 0) is 11.2 Å². The molecule has 5 heteroatoms. The van der Waals surface area contributed by atoms with Crippen molar-refractivity contribution in [3.8, 4) is 5.75 Å². The van der Waals surface area contributed by atoms with Gasteiger partial charge in [-0.15, -0.1) is 0 Å². The molecule has 0 amide bonds. The smallest absolute Gasteiger partial charge is 0.185 e. The maximum Gasteiger partial charge on any atom is 0.185 e. The minimum Gasteiger partial charge on any atom is -0.495 e. The lowest BCUT2D eigenvalue weighted by molar-refractivity contribution is -0.144. The van der Waals surface area contributed by atoms with Gasteiger partial charge in [-0.2, -0.15) is 0 Å². The molecule has 0 unspecified atom stereocenters. The minimum atomic E-state index is -0.928. The molecule has 88 valence electrons. The summed E-state index contributed by atoms with van der Waals surface area (Å²) in [5, 5.41) is 9.95. The van der Waals surface area contributed by atoms with Crippen LogP contribution in [0, 0.1) is 0 Å². The largest absolute Gasteiger partial charge is 0.495 e. The molecule has 1 aromatic carbocycles. The summed E-state index contributed by atoms with van der Waals surface area (Å²) in [6.07, 6.45) is -0.163. The number of aliphatic hydroxyl groups excluding tert-OH is 1. The summed E-state index contributed by atoms with van der Waals surface area (Å²) in [6, 6.07) is 1.93. The number of rotatable bonds is 1. The normalized spacial score (nSPS) is 24.1. The Kier molecular flexibility index (Phi) is 3.59. The molecule has 1 aliphatic rings. The Balaban J connectivity index is 2.64.